The Hall–Kier alpha value is -1.75. The van der Waals surface area contributed by atoms with Gasteiger partial charge in [0.1, 0.15) is 5.75 Å². The molecule has 5 heteroatoms. The molecule has 1 atom stereocenters. The number of rotatable bonds is 4. The fraction of sp³-hybridized carbons (Fsp3) is 0.562. The van der Waals surface area contributed by atoms with Crippen LogP contribution in [0.25, 0.3) is 0 Å². The highest BCUT2D eigenvalue weighted by atomic mass is 16.5. The minimum Gasteiger partial charge on any atom is -0.497 e. The number of anilines is 1. The second kappa shape index (κ2) is 6.35. The summed E-state index contributed by atoms with van der Waals surface area (Å²) in [6.07, 6.45) is 3.02. The summed E-state index contributed by atoms with van der Waals surface area (Å²) in [6.45, 7) is 1.95. The molecule has 0 unspecified atom stereocenters. The third kappa shape index (κ3) is 3.29. The van der Waals surface area contributed by atoms with Crippen LogP contribution < -0.4 is 15.0 Å². The molecule has 1 amide bonds. The van der Waals surface area contributed by atoms with E-state index >= 15 is 0 Å². The van der Waals surface area contributed by atoms with E-state index in [-0.39, 0.29) is 12.0 Å². The third-order valence-electron chi connectivity index (χ3n) is 4.23. The van der Waals surface area contributed by atoms with E-state index in [1.165, 1.54) is 6.42 Å². The van der Waals surface area contributed by atoms with Crippen LogP contribution in [0.2, 0.25) is 0 Å². The van der Waals surface area contributed by atoms with Crippen LogP contribution in [0.1, 0.15) is 19.3 Å². The normalized spacial score (nSPS) is 22.5. The molecule has 1 heterocycles. The van der Waals surface area contributed by atoms with Gasteiger partial charge in [-0.05, 0) is 31.4 Å². The van der Waals surface area contributed by atoms with Crippen molar-refractivity contribution in [3.8, 4) is 5.75 Å². The number of amides is 1. The zero-order valence-electron chi connectivity index (χ0n) is 12.4. The molecular weight excluding hydrogens is 268 g/mol. The van der Waals surface area contributed by atoms with E-state index in [1.54, 1.807) is 7.11 Å². The van der Waals surface area contributed by atoms with E-state index in [0.29, 0.717) is 19.2 Å². The van der Waals surface area contributed by atoms with Crippen LogP contribution >= 0.6 is 0 Å². The van der Waals surface area contributed by atoms with Crippen LogP contribution in [0.15, 0.2) is 24.3 Å². The van der Waals surface area contributed by atoms with E-state index in [1.807, 2.05) is 24.3 Å². The van der Waals surface area contributed by atoms with Crippen molar-refractivity contribution in [2.75, 3.05) is 31.7 Å². The second-order valence-corrected chi connectivity index (χ2v) is 5.64. The van der Waals surface area contributed by atoms with Crippen molar-refractivity contribution >= 4 is 11.6 Å². The highest BCUT2D eigenvalue weighted by molar-refractivity contribution is 5.82. The minimum absolute atomic E-state index is 0.0206. The van der Waals surface area contributed by atoms with Crippen molar-refractivity contribution < 1.29 is 14.3 Å². The van der Waals surface area contributed by atoms with Crippen LogP contribution in [0.5, 0.6) is 5.75 Å². The monoisotopic (exact) mass is 290 g/mol. The SMILES string of the molecule is COc1cccc(N2CCO[C@@H](C(=O)NC3CCC3)C2)c1. The van der Waals surface area contributed by atoms with Crippen LogP contribution in [-0.4, -0.2) is 44.9 Å². The van der Waals surface area contributed by atoms with Crippen LogP contribution in [0.3, 0.4) is 0 Å². The summed E-state index contributed by atoms with van der Waals surface area (Å²) >= 11 is 0. The summed E-state index contributed by atoms with van der Waals surface area (Å²) in [5, 5.41) is 3.07. The number of morpholine rings is 1. The van der Waals surface area contributed by atoms with Gasteiger partial charge in [0.15, 0.2) is 6.10 Å². The molecule has 21 heavy (non-hydrogen) atoms. The number of nitrogens with zero attached hydrogens (tertiary/aromatic N) is 1. The number of methoxy groups -OCH3 is 1. The van der Waals surface area contributed by atoms with Crippen LogP contribution in [0.4, 0.5) is 5.69 Å². The van der Waals surface area contributed by atoms with Crippen molar-refractivity contribution in [3.05, 3.63) is 24.3 Å². The molecule has 1 aromatic rings. The highest BCUT2D eigenvalue weighted by Gasteiger charge is 2.29. The molecule has 1 aliphatic carbocycles. The van der Waals surface area contributed by atoms with E-state index in [9.17, 15) is 4.79 Å². The summed E-state index contributed by atoms with van der Waals surface area (Å²) in [5.74, 6) is 0.849. The number of ether oxygens (including phenoxy) is 2. The Balaban J connectivity index is 1.62. The minimum atomic E-state index is -0.384. The lowest BCUT2D eigenvalue weighted by molar-refractivity contribution is -0.134. The average Bonchev–Trinajstić information content (AvgIpc) is 2.51. The summed E-state index contributed by atoms with van der Waals surface area (Å²) in [5.41, 5.74) is 1.07. The van der Waals surface area contributed by atoms with E-state index < -0.39 is 0 Å². The molecule has 0 aromatic heterocycles. The Morgan fingerprint density at radius 2 is 2.29 bits per heavy atom. The fourth-order valence-electron chi connectivity index (χ4n) is 2.70. The van der Waals surface area contributed by atoms with Gasteiger partial charge in [-0.15, -0.1) is 0 Å². The maximum atomic E-state index is 12.2. The smallest absolute Gasteiger partial charge is 0.251 e. The lowest BCUT2D eigenvalue weighted by Crippen LogP contribution is -2.53. The van der Waals surface area contributed by atoms with E-state index in [0.717, 1.165) is 30.8 Å². The van der Waals surface area contributed by atoms with Gasteiger partial charge in [0.05, 0.1) is 20.3 Å². The van der Waals surface area contributed by atoms with Gasteiger partial charge in [-0.1, -0.05) is 6.07 Å². The predicted octanol–water partition coefficient (Wildman–Crippen LogP) is 1.57. The molecule has 0 bridgehead atoms. The quantitative estimate of drug-likeness (QED) is 0.914. The van der Waals surface area contributed by atoms with Gasteiger partial charge >= 0.3 is 0 Å². The Bertz CT molecular complexity index is 502. The molecule has 1 saturated carbocycles. The molecular formula is C16H22N2O3. The Morgan fingerprint density at radius 3 is 3.00 bits per heavy atom. The summed E-state index contributed by atoms with van der Waals surface area (Å²) in [6, 6.07) is 8.27. The molecule has 0 radical (unpaired) electrons. The van der Waals surface area contributed by atoms with Crippen molar-refractivity contribution in [3.63, 3.8) is 0 Å². The van der Waals surface area contributed by atoms with Crippen molar-refractivity contribution in [1.29, 1.82) is 0 Å². The van der Waals surface area contributed by atoms with Crippen molar-refractivity contribution in [2.24, 2.45) is 0 Å². The number of nitrogens with one attached hydrogen (secondary N) is 1. The Kier molecular flexibility index (Phi) is 4.29. The first kappa shape index (κ1) is 14.2. The van der Waals surface area contributed by atoms with Crippen molar-refractivity contribution in [1.82, 2.24) is 5.32 Å². The first-order valence-corrected chi connectivity index (χ1v) is 7.57. The first-order valence-electron chi connectivity index (χ1n) is 7.57. The molecule has 0 spiro atoms. The molecule has 3 rings (SSSR count). The topological polar surface area (TPSA) is 50.8 Å². The fourth-order valence-corrected chi connectivity index (χ4v) is 2.70. The average molecular weight is 290 g/mol. The predicted molar refractivity (Wildman–Crippen MR) is 80.7 cm³/mol. The maximum absolute atomic E-state index is 12.2. The van der Waals surface area contributed by atoms with Gasteiger partial charge in [0, 0.05) is 24.3 Å². The lowest BCUT2D eigenvalue weighted by atomic mass is 9.93. The van der Waals surface area contributed by atoms with Gasteiger partial charge in [0.25, 0.3) is 5.91 Å². The molecule has 1 N–H and O–H groups in total. The van der Waals surface area contributed by atoms with Gasteiger partial charge in [-0.25, -0.2) is 0 Å². The summed E-state index contributed by atoms with van der Waals surface area (Å²) in [4.78, 5) is 14.4. The van der Waals surface area contributed by atoms with Crippen LogP contribution in [-0.2, 0) is 9.53 Å². The van der Waals surface area contributed by atoms with Gasteiger partial charge in [-0.3, -0.25) is 4.79 Å². The Morgan fingerprint density at radius 1 is 1.43 bits per heavy atom. The highest BCUT2D eigenvalue weighted by Crippen LogP contribution is 2.23. The Labute approximate surface area is 125 Å². The van der Waals surface area contributed by atoms with E-state index in [2.05, 4.69) is 10.2 Å². The molecule has 1 saturated heterocycles. The number of hydrogen-bond donors (Lipinski definition) is 1. The maximum Gasteiger partial charge on any atom is 0.251 e. The van der Waals surface area contributed by atoms with Gasteiger partial charge in [0.2, 0.25) is 0 Å². The largest absolute Gasteiger partial charge is 0.497 e. The molecule has 114 valence electrons. The first-order chi connectivity index (χ1) is 10.3. The lowest BCUT2D eigenvalue weighted by Gasteiger charge is -2.35. The summed E-state index contributed by atoms with van der Waals surface area (Å²) in [7, 11) is 1.66. The zero-order valence-corrected chi connectivity index (χ0v) is 12.4. The van der Waals surface area contributed by atoms with Gasteiger partial charge < -0.3 is 19.7 Å². The molecule has 1 aromatic carbocycles. The number of carbonyl (C=O) groups excluding carboxylic acids is 1. The molecule has 2 fully saturated rings. The van der Waals surface area contributed by atoms with Gasteiger partial charge in [-0.2, -0.15) is 0 Å². The number of carbonyl (C=O) groups is 1. The van der Waals surface area contributed by atoms with E-state index in [4.69, 9.17) is 9.47 Å². The molecule has 2 aliphatic rings. The number of hydrogen-bond acceptors (Lipinski definition) is 4. The van der Waals surface area contributed by atoms with Crippen molar-refractivity contribution in [2.45, 2.75) is 31.4 Å². The summed E-state index contributed by atoms with van der Waals surface area (Å²) < 4.78 is 10.9. The third-order valence-corrected chi connectivity index (χ3v) is 4.23. The standard InChI is InChI=1S/C16H22N2O3/c1-20-14-7-3-6-13(10-14)18-8-9-21-15(11-18)16(19)17-12-4-2-5-12/h3,6-7,10,12,15H,2,4-5,8-9,11H2,1H3,(H,17,19)/t15-/m1/s1. The second-order valence-electron chi connectivity index (χ2n) is 5.64. The van der Waals surface area contributed by atoms with Crippen LogP contribution in [0, 0.1) is 0 Å². The number of benzene rings is 1. The molecule has 5 nitrogen and oxygen atoms in total. The zero-order chi connectivity index (χ0) is 14.7. The molecule has 1 aliphatic heterocycles.